The Labute approximate surface area is 40.0 Å². The van der Waals surface area contributed by atoms with E-state index in [-0.39, 0.29) is 0 Å². The first-order valence-corrected chi connectivity index (χ1v) is 1.01. The molecule has 0 aromatic heterocycles. The molecular formula is C3H9NO. The molecule has 0 unspecified atom stereocenters. The summed E-state index contributed by atoms with van der Waals surface area (Å²) < 4.78 is 39.9. The van der Waals surface area contributed by atoms with Crippen molar-refractivity contribution < 1.29 is 13.3 Å². The van der Waals surface area contributed by atoms with Crippen molar-refractivity contribution in [1.82, 2.24) is 0 Å². The van der Waals surface area contributed by atoms with Gasteiger partial charge in [0, 0.05) is 12.0 Å². The molecule has 0 spiro atoms. The van der Waals surface area contributed by atoms with Gasteiger partial charge in [0.1, 0.15) is 0 Å². The highest BCUT2D eigenvalue weighted by Gasteiger charge is 1.69. The molecule has 2 nitrogen and oxygen atoms in total. The van der Waals surface area contributed by atoms with E-state index in [9.17, 15) is 0 Å². The predicted octanol–water partition coefficient (Wildman–Crippen LogP) is -0.672. The largest absolute Gasteiger partial charge is 0.396 e. The van der Waals surface area contributed by atoms with Gasteiger partial charge in [-0.15, -0.1) is 0 Å². The lowest BCUT2D eigenvalue weighted by Crippen LogP contribution is -1.99. The Hall–Kier alpha value is -0.0800. The zero-order valence-electron chi connectivity index (χ0n) is 8.52. The Morgan fingerprint density at radius 2 is 2.60 bits per heavy atom. The zero-order valence-corrected chi connectivity index (χ0v) is 2.52. The second-order valence-corrected chi connectivity index (χ2v) is 0.381. The summed E-state index contributed by atoms with van der Waals surface area (Å²) in [6, 6.07) is 0. The van der Waals surface area contributed by atoms with E-state index in [0.29, 0.717) is 0 Å². The number of rotatable bonds is 2. The van der Waals surface area contributed by atoms with Gasteiger partial charge in [-0.2, -0.15) is 0 Å². The Kier molecular flexibility index (Phi) is 0.602. The molecule has 0 bridgehead atoms. The van der Waals surface area contributed by atoms with Gasteiger partial charge < -0.3 is 10.8 Å². The summed E-state index contributed by atoms with van der Waals surface area (Å²) in [6.07, 6.45) is -3.12. The fourth-order valence-electron chi connectivity index (χ4n) is 0.0323. The Bertz CT molecular complexity index is 129. The standard InChI is InChI=1S/C3H9NO/c4-2-1-3-5/h5H,1-4H2/i1D2,2D2,3D2. The van der Waals surface area contributed by atoms with Gasteiger partial charge in [0.25, 0.3) is 0 Å². The minimum absolute atomic E-state index is 2.91. The first-order chi connectivity index (χ1) is 4.50. The summed E-state index contributed by atoms with van der Waals surface area (Å²) in [5.41, 5.74) is 4.66. The van der Waals surface area contributed by atoms with Crippen LogP contribution in [0.25, 0.3) is 0 Å². The third kappa shape index (κ3) is 3.92. The SMILES string of the molecule is [2H]C([2H])(N)C([2H])([2H])C([2H])([2H])O. The fraction of sp³-hybridized carbons (Fsp3) is 1.00. The molecule has 0 aromatic rings. The quantitative estimate of drug-likeness (QED) is 0.463. The summed E-state index contributed by atoms with van der Waals surface area (Å²) in [7, 11) is 0. The van der Waals surface area contributed by atoms with E-state index in [1.165, 1.54) is 0 Å². The van der Waals surface area contributed by atoms with Crippen LogP contribution < -0.4 is 5.73 Å². The summed E-state index contributed by atoms with van der Waals surface area (Å²) in [4.78, 5) is 0. The molecule has 0 atom stereocenters. The van der Waals surface area contributed by atoms with E-state index >= 15 is 0 Å². The van der Waals surface area contributed by atoms with Crippen LogP contribution in [0.15, 0.2) is 0 Å². The highest BCUT2D eigenvalue weighted by molar-refractivity contribution is 4.28. The van der Waals surface area contributed by atoms with Gasteiger partial charge >= 0.3 is 0 Å². The van der Waals surface area contributed by atoms with Crippen LogP contribution in [0, 0.1) is 0 Å². The third-order valence-electron chi connectivity index (χ3n) is 0.128. The van der Waals surface area contributed by atoms with Crippen LogP contribution in [0.1, 0.15) is 14.6 Å². The molecule has 3 N–H and O–H groups in total. The van der Waals surface area contributed by atoms with Gasteiger partial charge in [0.05, 0.1) is 2.74 Å². The van der Waals surface area contributed by atoms with Crippen molar-refractivity contribution in [1.29, 1.82) is 0 Å². The number of hydrogen-bond donors (Lipinski definition) is 2. The lowest BCUT2D eigenvalue weighted by Gasteiger charge is -1.80. The van der Waals surface area contributed by atoms with Gasteiger partial charge in [0.15, 0.2) is 0 Å². The molecule has 0 heterocycles. The van der Waals surface area contributed by atoms with Gasteiger partial charge in [-0.05, 0) is 12.9 Å². The van der Waals surface area contributed by atoms with E-state index in [1.807, 2.05) is 0 Å². The van der Waals surface area contributed by atoms with Crippen molar-refractivity contribution in [3.05, 3.63) is 0 Å². The summed E-state index contributed by atoms with van der Waals surface area (Å²) in [5.74, 6) is 0. The molecule has 2 heteroatoms. The van der Waals surface area contributed by atoms with Gasteiger partial charge in [-0.1, -0.05) is 0 Å². The summed E-state index contributed by atoms with van der Waals surface area (Å²) >= 11 is 0. The lowest BCUT2D eigenvalue weighted by molar-refractivity contribution is 0.291. The molecule has 0 amide bonds. The highest BCUT2D eigenvalue weighted by Crippen LogP contribution is 1.62. The molecule has 32 valence electrons. The van der Waals surface area contributed by atoms with Crippen molar-refractivity contribution in [3.63, 3.8) is 0 Å². The summed E-state index contributed by atoms with van der Waals surface area (Å²) in [6.45, 7) is -6.20. The first-order valence-electron chi connectivity index (χ1n) is 4.01. The monoisotopic (exact) mass is 81.1 g/mol. The number of nitrogens with two attached hydrogens (primary N) is 1. The van der Waals surface area contributed by atoms with Crippen molar-refractivity contribution in [3.8, 4) is 0 Å². The highest BCUT2D eigenvalue weighted by atomic mass is 16.2. The summed E-state index contributed by atoms with van der Waals surface area (Å²) in [5, 5.41) is 8.52. The topological polar surface area (TPSA) is 46.2 Å². The normalized spacial score (nSPS) is 34.8. The van der Waals surface area contributed by atoms with E-state index < -0.39 is 19.4 Å². The fourth-order valence-corrected chi connectivity index (χ4v) is 0.0323. The average molecular weight is 81.1 g/mol. The maximum absolute atomic E-state index is 8.52. The average Bonchev–Trinajstić information content (AvgIpc) is 1.58. The van der Waals surface area contributed by atoms with Crippen molar-refractivity contribution in [2.24, 2.45) is 5.73 Å². The number of hydrogen-bond acceptors (Lipinski definition) is 2. The van der Waals surface area contributed by atoms with Crippen molar-refractivity contribution in [2.45, 2.75) is 6.37 Å². The second-order valence-electron chi connectivity index (χ2n) is 0.381. The molecule has 0 aliphatic heterocycles. The molecule has 0 radical (unpaired) electrons. The minimum Gasteiger partial charge on any atom is -0.396 e. The zero-order chi connectivity index (χ0) is 9.50. The van der Waals surface area contributed by atoms with Crippen LogP contribution in [0.2, 0.25) is 0 Å². The molecule has 5 heavy (non-hydrogen) atoms. The van der Waals surface area contributed by atoms with Crippen molar-refractivity contribution >= 4 is 0 Å². The molecule has 0 rings (SSSR count). The van der Waals surface area contributed by atoms with Crippen LogP contribution in [0.4, 0.5) is 0 Å². The Balaban J connectivity index is 4.75. The molecule has 0 saturated heterocycles. The predicted molar refractivity (Wildman–Crippen MR) is 20.8 cm³/mol. The maximum atomic E-state index is 8.52. The van der Waals surface area contributed by atoms with Crippen LogP contribution in [0.3, 0.4) is 0 Å². The smallest absolute Gasteiger partial charge is 0.0564 e. The van der Waals surface area contributed by atoms with Gasteiger partial charge in [-0.3, -0.25) is 0 Å². The lowest BCUT2D eigenvalue weighted by atomic mass is 10.5. The first kappa shape index (κ1) is 0.768. The molecule has 0 saturated carbocycles. The van der Waals surface area contributed by atoms with Crippen LogP contribution in [0.5, 0.6) is 0 Å². The maximum Gasteiger partial charge on any atom is 0.0564 e. The van der Waals surface area contributed by atoms with Gasteiger partial charge in [-0.25, -0.2) is 0 Å². The molecule has 0 aliphatic rings. The molecule has 0 aliphatic carbocycles. The second kappa shape index (κ2) is 3.92. The van der Waals surface area contributed by atoms with Crippen LogP contribution in [-0.4, -0.2) is 18.2 Å². The van der Waals surface area contributed by atoms with Crippen LogP contribution in [-0.2, 0) is 0 Å². The molecule has 0 fully saturated rings. The van der Waals surface area contributed by atoms with E-state index in [0.717, 1.165) is 0 Å². The van der Waals surface area contributed by atoms with Crippen molar-refractivity contribution in [2.75, 3.05) is 13.1 Å². The Morgan fingerprint density at radius 3 is 2.60 bits per heavy atom. The van der Waals surface area contributed by atoms with E-state index in [2.05, 4.69) is 5.73 Å². The molecule has 0 aromatic carbocycles. The number of aliphatic hydroxyl groups is 1. The van der Waals surface area contributed by atoms with Crippen LogP contribution >= 0.6 is 0 Å². The third-order valence-corrected chi connectivity index (χ3v) is 0.128. The molecular weight excluding hydrogens is 66.0 g/mol. The Morgan fingerprint density at radius 1 is 2.00 bits per heavy atom. The van der Waals surface area contributed by atoms with E-state index in [4.69, 9.17) is 13.3 Å². The van der Waals surface area contributed by atoms with E-state index in [1.54, 1.807) is 0 Å². The minimum atomic E-state index is -3.29. The van der Waals surface area contributed by atoms with Gasteiger partial charge in [0.2, 0.25) is 0 Å².